The summed E-state index contributed by atoms with van der Waals surface area (Å²) in [4.78, 5) is 67.3. The number of nitrogens with zero attached hydrogens (tertiary/aromatic N) is 6. The molecule has 0 aliphatic carbocycles. The molecule has 2 atom stereocenters. The standard InChI is InChI=1S/2C31H38N4O4/c2*1-7-21-8-10-23(11-9-21)34(5)24-12-13-25-22(18-24)15-17-35(30(37)39-31(2,3)4)28(25)20-33-27-19-32-16-14-26(27)29(36)38-6/h2*8-14,16,18-19,28,33H,7,15,17,20H2,1-6H3/t2*28-/m10/s1. The second-order valence-electron chi connectivity index (χ2n) is 21.4. The molecule has 2 N–H and O–H groups in total. The minimum atomic E-state index is -0.614. The fraction of sp³-hybridized carbons (Fsp3) is 0.387. The van der Waals surface area contributed by atoms with Gasteiger partial charge in [0.15, 0.2) is 0 Å². The predicted octanol–water partition coefficient (Wildman–Crippen LogP) is 12.3. The predicted molar refractivity (Wildman–Crippen MR) is 308 cm³/mol. The molecule has 0 radical (unpaired) electrons. The molecule has 0 fully saturated rings. The molecule has 78 heavy (non-hydrogen) atoms. The van der Waals surface area contributed by atoms with Gasteiger partial charge in [0.2, 0.25) is 0 Å². The molecule has 0 saturated heterocycles. The van der Waals surface area contributed by atoms with Crippen LogP contribution >= 0.6 is 0 Å². The average molecular weight is 1060 g/mol. The first-order chi connectivity index (χ1) is 37.2. The number of hydrogen-bond acceptors (Lipinski definition) is 14. The lowest BCUT2D eigenvalue weighted by Gasteiger charge is -2.39. The van der Waals surface area contributed by atoms with Crippen LogP contribution in [0.4, 0.5) is 43.7 Å². The van der Waals surface area contributed by atoms with Crippen molar-refractivity contribution in [2.24, 2.45) is 0 Å². The fourth-order valence-corrected chi connectivity index (χ4v) is 9.60. The molecule has 6 aromatic rings. The van der Waals surface area contributed by atoms with Gasteiger partial charge in [-0.3, -0.25) is 19.8 Å². The van der Waals surface area contributed by atoms with Crippen molar-refractivity contribution in [2.45, 2.75) is 104 Å². The summed E-state index contributed by atoms with van der Waals surface area (Å²) in [7, 11) is 6.82. The van der Waals surface area contributed by atoms with Crippen molar-refractivity contribution in [1.82, 2.24) is 19.8 Å². The number of carbonyl (C=O) groups excluding carboxylic acids is 4. The average Bonchev–Trinajstić information content (AvgIpc) is 3.50. The summed E-state index contributed by atoms with van der Waals surface area (Å²) in [5, 5.41) is 6.68. The van der Waals surface area contributed by atoms with Crippen molar-refractivity contribution in [3.8, 4) is 0 Å². The van der Waals surface area contributed by atoms with Crippen LogP contribution in [0.25, 0.3) is 0 Å². The fourth-order valence-electron chi connectivity index (χ4n) is 9.60. The van der Waals surface area contributed by atoms with Gasteiger partial charge < -0.3 is 39.4 Å². The van der Waals surface area contributed by atoms with Crippen molar-refractivity contribution < 1.29 is 38.1 Å². The number of nitrogens with one attached hydrogen (secondary N) is 2. The molecule has 4 aromatic carbocycles. The molecular weight excluding hydrogens is 985 g/mol. The highest BCUT2D eigenvalue weighted by atomic mass is 16.6. The Morgan fingerprint density at radius 2 is 0.910 bits per heavy atom. The van der Waals surface area contributed by atoms with Crippen LogP contribution in [0.15, 0.2) is 122 Å². The zero-order valence-electron chi connectivity index (χ0n) is 47.3. The third-order valence-corrected chi connectivity index (χ3v) is 13.9. The van der Waals surface area contributed by atoms with Gasteiger partial charge in [-0.25, -0.2) is 19.2 Å². The van der Waals surface area contributed by atoms with E-state index in [1.807, 2.05) is 41.5 Å². The number of methoxy groups -OCH3 is 2. The molecule has 2 amide bonds. The lowest BCUT2D eigenvalue weighted by Crippen LogP contribution is -2.45. The van der Waals surface area contributed by atoms with Crippen molar-refractivity contribution in [2.75, 3.05) is 74.9 Å². The van der Waals surface area contributed by atoms with E-state index in [9.17, 15) is 19.2 Å². The minimum Gasteiger partial charge on any atom is -0.465 e. The Bertz CT molecular complexity index is 2840. The van der Waals surface area contributed by atoms with Crippen LogP contribution in [0.5, 0.6) is 0 Å². The summed E-state index contributed by atoms with van der Waals surface area (Å²) >= 11 is 0. The summed E-state index contributed by atoms with van der Waals surface area (Å²) in [6.45, 7) is 17.3. The molecular formula is C62H76N8O8. The highest BCUT2D eigenvalue weighted by molar-refractivity contribution is 5.96. The lowest BCUT2D eigenvalue weighted by atomic mass is 9.91. The number of amides is 2. The number of carbonyl (C=O) groups is 4. The Balaban J connectivity index is 0.000000226. The summed E-state index contributed by atoms with van der Waals surface area (Å²) < 4.78 is 21.4. The molecule has 0 spiro atoms. The van der Waals surface area contributed by atoms with E-state index in [0.717, 1.165) is 46.7 Å². The highest BCUT2D eigenvalue weighted by Crippen LogP contribution is 2.38. The monoisotopic (exact) mass is 1060 g/mol. The molecule has 412 valence electrons. The normalized spacial score (nSPS) is 14.8. The Morgan fingerprint density at radius 3 is 1.24 bits per heavy atom. The second-order valence-corrected chi connectivity index (χ2v) is 21.4. The van der Waals surface area contributed by atoms with Crippen LogP contribution in [0.1, 0.15) is 122 Å². The Kier molecular flexibility index (Phi) is 18.7. The minimum absolute atomic E-state index is 0.308. The maximum absolute atomic E-state index is 13.3. The molecule has 4 heterocycles. The molecule has 0 saturated carbocycles. The van der Waals surface area contributed by atoms with E-state index in [2.05, 4.69) is 143 Å². The SMILES string of the molecule is CCc1ccc(N(C)c2ccc3c(c2)CCN(C(=O)OC(C)(C)C)[C@@H]3CNc2cnccc2C(=O)OC)cc1.CCc1ccc(N(C)c2ccc3c(c2)CCN(C(=O)OC(C)(C)C)[C@H]3CNc2cnccc2C(=O)OC)cc1. The van der Waals surface area contributed by atoms with Crippen LogP contribution in [0.3, 0.4) is 0 Å². The maximum Gasteiger partial charge on any atom is 0.410 e. The van der Waals surface area contributed by atoms with E-state index in [-0.39, 0.29) is 24.3 Å². The molecule has 16 nitrogen and oxygen atoms in total. The van der Waals surface area contributed by atoms with E-state index in [1.54, 1.807) is 46.7 Å². The quantitative estimate of drug-likeness (QED) is 0.0781. The van der Waals surface area contributed by atoms with E-state index in [1.165, 1.54) is 36.5 Å². The topological polar surface area (TPSA) is 168 Å². The zero-order valence-corrected chi connectivity index (χ0v) is 47.3. The second kappa shape index (κ2) is 25.3. The van der Waals surface area contributed by atoms with Gasteiger partial charge in [0, 0.05) is 75.4 Å². The molecule has 0 bridgehead atoms. The molecule has 16 heteroatoms. The Labute approximate surface area is 460 Å². The van der Waals surface area contributed by atoms with Gasteiger partial charge in [0.25, 0.3) is 0 Å². The van der Waals surface area contributed by atoms with E-state index < -0.39 is 23.1 Å². The number of fused-ring (bicyclic) bond motifs is 2. The maximum atomic E-state index is 13.3. The van der Waals surface area contributed by atoms with Crippen molar-refractivity contribution in [3.63, 3.8) is 0 Å². The van der Waals surface area contributed by atoms with Crippen LogP contribution in [-0.2, 0) is 44.6 Å². The number of ether oxygens (including phenoxy) is 4. The van der Waals surface area contributed by atoms with Crippen LogP contribution in [-0.4, -0.2) is 110 Å². The van der Waals surface area contributed by atoms with Crippen LogP contribution in [0.2, 0.25) is 0 Å². The lowest BCUT2D eigenvalue weighted by molar-refractivity contribution is 0.0143. The van der Waals surface area contributed by atoms with E-state index >= 15 is 0 Å². The van der Waals surface area contributed by atoms with E-state index in [0.29, 0.717) is 61.5 Å². The van der Waals surface area contributed by atoms with Crippen LogP contribution in [0, 0.1) is 0 Å². The van der Waals surface area contributed by atoms with Crippen LogP contribution < -0.4 is 20.4 Å². The van der Waals surface area contributed by atoms with Gasteiger partial charge in [-0.1, -0.05) is 50.2 Å². The molecule has 2 aromatic heterocycles. The summed E-state index contributed by atoms with van der Waals surface area (Å²) in [6, 6.07) is 32.6. The van der Waals surface area contributed by atoms with Crippen molar-refractivity contribution in [3.05, 3.63) is 166 Å². The molecule has 8 rings (SSSR count). The molecule has 2 aliphatic heterocycles. The molecule has 2 aliphatic rings. The van der Waals surface area contributed by atoms with Gasteiger partial charge in [0.1, 0.15) is 11.2 Å². The third kappa shape index (κ3) is 14.3. The number of benzene rings is 4. The van der Waals surface area contributed by atoms with Gasteiger partial charge >= 0.3 is 24.1 Å². The number of aromatic nitrogens is 2. The zero-order chi connectivity index (χ0) is 56.3. The largest absolute Gasteiger partial charge is 0.465 e. The summed E-state index contributed by atoms with van der Waals surface area (Å²) in [5.41, 5.74) is 12.1. The highest BCUT2D eigenvalue weighted by Gasteiger charge is 2.36. The Morgan fingerprint density at radius 1 is 0.551 bits per heavy atom. The van der Waals surface area contributed by atoms with Crippen molar-refractivity contribution in [1.29, 1.82) is 0 Å². The first-order valence-electron chi connectivity index (χ1n) is 26.6. The summed E-state index contributed by atoms with van der Waals surface area (Å²) in [6.07, 6.45) is 8.99. The smallest absolute Gasteiger partial charge is 0.410 e. The van der Waals surface area contributed by atoms with Crippen molar-refractivity contribution >= 4 is 58.2 Å². The number of aryl methyl sites for hydroxylation is 2. The number of anilines is 6. The van der Waals surface area contributed by atoms with Gasteiger partial charge in [-0.2, -0.15) is 0 Å². The van der Waals surface area contributed by atoms with E-state index in [4.69, 9.17) is 18.9 Å². The Hall–Kier alpha value is -8.14. The number of esters is 2. The third-order valence-electron chi connectivity index (χ3n) is 13.9. The molecule has 0 unspecified atom stereocenters. The first-order valence-corrected chi connectivity index (χ1v) is 26.6. The number of pyridine rings is 2. The van der Waals surface area contributed by atoms with Gasteiger partial charge in [-0.05, 0) is 161 Å². The number of hydrogen-bond donors (Lipinski definition) is 2. The first kappa shape index (κ1) is 57.6. The number of rotatable bonds is 14. The summed E-state index contributed by atoms with van der Waals surface area (Å²) in [5.74, 6) is -0.903. The van der Waals surface area contributed by atoms with Gasteiger partial charge in [0.05, 0.1) is 61.2 Å². The van der Waals surface area contributed by atoms with Gasteiger partial charge in [-0.15, -0.1) is 0 Å².